The zero-order valence-electron chi connectivity index (χ0n) is 8.69. The lowest BCUT2D eigenvalue weighted by molar-refractivity contribution is 0.0703. The quantitative estimate of drug-likeness (QED) is 0.860. The average Bonchev–Trinajstić information content (AvgIpc) is 2.83. The Morgan fingerprint density at radius 1 is 1.62 bits per heavy atom. The molecule has 0 aromatic carbocycles. The molecule has 0 spiro atoms. The van der Waals surface area contributed by atoms with Crippen molar-refractivity contribution in [2.75, 3.05) is 5.73 Å². The highest BCUT2D eigenvalue weighted by Gasteiger charge is 2.20. The van der Waals surface area contributed by atoms with Crippen molar-refractivity contribution in [1.82, 2.24) is 0 Å². The van der Waals surface area contributed by atoms with Crippen molar-refractivity contribution < 1.29 is 14.3 Å². The Morgan fingerprint density at radius 3 is 2.88 bits per heavy atom. The third-order valence-electron chi connectivity index (χ3n) is 2.38. The molecule has 0 saturated carbocycles. The Hall–Kier alpha value is -1.75. The Balaban J connectivity index is 2.62. The van der Waals surface area contributed by atoms with Gasteiger partial charge in [-0.1, -0.05) is 6.92 Å². The van der Waals surface area contributed by atoms with Gasteiger partial charge in [0.05, 0.1) is 18.2 Å². The number of furan rings is 1. The lowest BCUT2D eigenvalue weighted by atomic mass is 10.1. The van der Waals surface area contributed by atoms with Crippen LogP contribution in [-0.4, -0.2) is 11.1 Å². The normalized spacial score (nSPS) is 10.6. The molecule has 0 atom stereocenters. The van der Waals surface area contributed by atoms with Gasteiger partial charge in [-0.05, 0) is 18.1 Å². The Morgan fingerprint density at radius 2 is 2.38 bits per heavy atom. The smallest absolute Gasteiger partial charge is 0.348 e. The number of aromatic carboxylic acids is 1. The number of anilines is 1. The van der Waals surface area contributed by atoms with Crippen LogP contribution in [0.25, 0.3) is 10.4 Å². The molecule has 0 saturated heterocycles. The van der Waals surface area contributed by atoms with E-state index in [4.69, 9.17) is 15.3 Å². The number of hydrogen-bond acceptors (Lipinski definition) is 4. The minimum absolute atomic E-state index is 0.202. The van der Waals surface area contributed by atoms with E-state index in [0.717, 1.165) is 16.0 Å². The first-order valence-corrected chi connectivity index (χ1v) is 5.63. The van der Waals surface area contributed by atoms with Crippen LogP contribution in [0.4, 0.5) is 5.69 Å². The van der Waals surface area contributed by atoms with Crippen molar-refractivity contribution in [2.24, 2.45) is 0 Å². The van der Waals surface area contributed by atoms with Gasteiger partial charge in [0.25, 0.3) is 0 Å². The van der Waals surface area contributed by atoms with E-state index in [1.165, 1.54) is 11.3 Å². The van der Waals surface area contributed by atoms with Gasteiger partial charge in [-0.2, -0.15) is 0 Å². The van der Waals surface area contributed by atoms with Crippen molar-refractivity contribution in [2.45, 2.75) is 13.3 Å². The summed E-state index contributed by atoms with van der Waals surface area (Å²) >= 11 is 1.19. The van der Waals surface area contributed by atoms with Crippen LogP contribution in [0, 0.1) is 0 Å². The van der Waals surface area contributed by atoms with Gasteiger partial charge in [-0.15, -0.1) is 11.3 Å². The summed E-state index contributed by atoms with van der Waals surface area (Å²) in [5.74, 6) is -0.980. The third kappa shape index (κ3) is 1.59. The van der Waals surface area contributed by atoms with Gasteiger partial charge >= 0.3 is 5.97 Å². The second kappa shape index (κ2) is 4.02. The molecule has 0 radical (unpaired) electrons. The largest absolute Gasteiger partial charge is 0.477 e. The van der Waals surface area contributed by atoms with Crippen molar-refractivity contribution in [3.63, 3.8) is 0 Å². The second-order valence-corrected chi connectivity index (χ2v) is 4.34. The average molecular weight is 237 g/mol. The topological polar surface area (TPSA) is 76.5 Å². The number of thiophene rings is 1. The van der Waals surface area contributed by atoms with Gasteiger partial charge in [0, 0.05) is 10.4 Å². The maximum Gasteiger partial charge on any atom is 0.348 e. The SMILES string of the molecule is CCc1c(-c2ccoc2)sc(C(=O)O)c1N. The Bertz CT molecular complexity index is 514. The van der Waals surface area contributed by atoms with Gasteiger partial charge in [-0.3, -0.25) is 0 Å². The molecule has 0 amide bonds. The highest BCUT2D eigenvalue weighted by atomic mass is 32.1. The first kappa shape index (κ1) is 10.8. The van der Waals surface area contributed by atoms with E-state index >= 15 is 0 Å². The van der Waals surface area contributed by atoms with Gasteiger partial charge in [0.2, 0.25) is 0 Å². The number of carbonyl (C=O) groups is 1. The van der Waals surface area contributed by atoms with E-state index in [9.17, 15) is 4.79 Å². The lowest BCUT2D eigenvalue weighted by Gasteiger charge is -1.98. The molecule has 2 rings (SSSR count). The number of hydrogen-bond donors (Lipinski definition) is 2. The van der Waals surface area contributed by atoms with E-state index in [1.807, 2.05) is 6.92 Å². The van der Waals surface area contributed by atoms with Gasteiger partial charge < -0.3 is 15.3 Å². The summed E-state index contributed by atoms with van der Waals surface area (Å²) in [5.41, 5.74) is 7.95. The molecule has 5 heteroatoms. The maximum absolute atomic E-state index is 11.0. The fraction of sp³-hybridized carbons (Fsp3) is 0.182. The molecule has 0 aliphatic rings. The zero-order valence-corrected chi connectivity index (χ0v) is 9.50. The van der Waals surface area contributed by atoms with Crippen LogP contribution in [0.5, 0.6) is 0 Å². The molecule has 0 aliphatic heterocycles. The van der Waals surface area contributed by atoms with Crippen LogP contribution in [-0.2, 0) is 6.42 Å². The minimum atomic E-state index is -0.980. The van der Waals surface area contributed by atoms with Crippen molar-refractivity contribution in [3.8, 4) is 10.4 Å². The number of carboxylic acids is 1. The summed E-state index contributed by atoms with van der Waals surface area (Å²) in [6.07, 6.45) is 3.86. The van der Waals surface area contributed by atoms with Crippen LogP contribution >= 0.6 is 11.3 Å². The van der Waals surface area contributed by atoms with Crippen molar-refractivity contribution in [3.05, 3.63) is 29.0 Å². The molecule has 2 aromatic heterocycles. The highest BCUT2D eigenvalue weighted by molar-refractivity contribution is 7.18. The van der Waals surface area contributed by atoms with Gasteiger partial charge in [0.1, 0.15) is 4.88 Å². The molecule has 84 valence electrons. The molecule has 2 aromatic rings. The first-order valence-electron chi connectivity index (χ1n) is 4.82. The summed E-state index contributed by atoms with van der Waals surface area (Å²) in [7, 11) is 0. The summed E-state index contributed by atoms with van der Waals surface area (Å²) < 4.78 is 5.00. The predicted molar refractivity (Wildman–Crippen MR) is 62.8 cm³/mol. The molecule has 4 nitrogen and oxygen atoms in total. The molecule has 0 fully saturated rings. The van der Waals surface area contributed by atoms with Gasteiger partial charge in [-0.25, -0.2) is 4.79 Å². The van der Waals surface area contributed by atoms with E-state index in [1.54, 1.807) is 18.6 Å². The summed E-state index contributed by atoms with van der Waals surface area (Å²) in [6, 6.07) is 1.80. The predicted octanol–water partition coefficient (Wildman–Crippen LogP) is 2.85. The lowest BCUT2D eigenvalue weighted by Crippen LogP contribution is -1.99. The highest BCUT2D eigenvalue weighted by Crippen LogP contribution is 2.39. The van der Waals surface area contributed by atoms with Crippen LogP contribution in [0.15, 0.2) is 23.0 Å². The van der Waals surface area contributed by atoms with E-state index in [2.05, 4.69) is 0 Å². The molecule has 3 N–H and O–H groups in total. The summed E-state index contributed by atoms with van der Waals surface area (Å²) in [6.45, 7) is 1.95. The van der Waals surface area contributed by atoms with Gasteiger partial charge in [0.15, 0.2) is 0 Å². The van der Waals surface area contributed by atoms with Crippen LogP contribution < -0.4 is 5.73 Å². The third-order valence-corrected chi connectivity index (χ3v) is 3.66. The van der Waals surface area contributed by atoms with Crippen LogP contribution in [0.1, 0.15) is 22.2 Å². The molecule has 16 heavy (non-hydrogen) atoms. The molecular weight excluding hydrogens is 226 g/mol. The standard InChI is InChI=1S/C11H11NO3S/c1-2-7-8(12)10(11(13)14)16-9(7)6-3-4-15-5-6/h3-5H,2,12H2,1H3,(H,13,14). The monoisotopic (exact) mass is 237 g/mol. The second-order valence-electron chi connectivity index (χ2n) is 3.32. The van der Waals surface area contributed by atoms with Crippen LogP contribution in [0.2, 0.25) is 0 Å². The summed E-state index contributed by atoms with van der Waals surface area (Å²) in [4.78, 5) is 12.1. The Kier molecular flexibility index (Phi) is 2.70. The Labute approximate surface area is 96.3 Å². The molecule has 2 heterocycles. The maximum atomic E-state index is 11.0. The molecule has 0 aliphatic carbocycles. The fourth-order valence-electron chi connectivity index (χ4n) is 1.61. The van der Waals surface area contributed by atoms with Crippen molar-refractivity contribution >= 4 is 23.0 Å². The number of rotatable bonds is 3. The number of carboxylic acid groups (broad SMARTS) is 1. The van der Waals surface area contributed by atoms with Crippen molar-refractivity contribution in [1.29, 1.82) is 0 Å². The molecular formula is C11H11NO3S. The number of nitrogen functional groups attached to an aromatic ring is 1. The molecule has 0 bridgehead atoms. The van der Waals surface area contributed by atoms with E-state index < -0.39 is 5.97 Å². The molecule has 0 unspecified atom stereocenters. The zero-order chi connectivity index (χ0) is 11.7. The van der Waals surface area contributed by atoms with E-state index in [-0.39, 0.29) is 4.88 Å². The fourth-order valence-corrected chi connectivity index (χ4v) is 2.75. The first-order chi connectivity index (χ1) is 7.65. The number of nitrogens with two attached hydrogens (primary N) is 1. The van der Waals surface area contributed by atoms with Crippen LogP contribution in [0.3, 0.4) is 0 Å². The minimum Gasteiger partial charge on any atom is -0.477 e. The summed E-state index contributed by atoms with van der Waals surface area (Å²) in [5, 5.41) is 9.00. The van der Waals surface area contributed by atoms with E-state index in [0.29, 0.717) is 12.1 Å².